The van der Waals surface area contributed by atoms with Crippen LogP contribution in [0.4, 0.5) is 21.9 Å². The van der Waals surface area contributed by atoms with E-state index < -0.39 is 18.0 Å². The van der Waals surface area contributed by atoms with Crippen LogP contribution in [0.2, 0.25) is 0 Å². The molecule has 1 aromatic heterocycles. The number of fused-ring (bicyclic) bond motifs is 1. The third-order valence-electron chi connectivity index (χ3n) is 9.61. The largest absolute Gasteiger partial charge is 0.348 e. The van der Waals surface area contributed by atoms with E-state index in [2.05, 4.69) is 20.6 Å². The second-order valence-electron chi connectivity index (χ2n) is 12.5. The van der Waals surface area contributed by atoms with Crippen molar-refractivity contribution in [2.75, 3.05) is 28.2 Å². The molecule has 1 atom stereocenters. The van der Waals surface area contributed by atoms with Gasteiger partial charge in [0, 0.05) is 37.1 Å². The number of nitrogens with zero attached hydrogens (tertiary/aromatic N) is 3. The van der Waals surface area contributed by atoms with Gasteiger partial charge in [0.15, 0.2) is 6.04 Å². The SMILES string of the molecule is O=C(Nc1ccccc1)NC1C(=O)N(CCc2cnc[nH]2)c2ccccc2N(CC23CC4CC(CC(C4)C2)C3)C1=O. The van der Waals surface area contributed by atoms with Gasteiger partial charge < -0.3 is 25.4 Å². The molecule has 4 saturated carbocycles. The zero-order chi connectivity index (χ0) is 28.0. The Kier molecular flexibility index (Phi) is 6.52. The number of H-pyrrole nitrogens is 1. The Balaban J connectivity index is 1.23. The van der Waals surface area contributed by atoms with Crippen molar-refractivity contribution in [3.8, 4) is 0 Å². The molecule has 3 N–H and O–H groups in total. The molecule has 1 unspecified atom stereocenters. The quantitative estimate of drug-likeness (QED) is 0.368. The van der Waals surface area contributed by atoms with Crippen molar-refractivity contribution in [3.63, 3.8) is 0 Å². The Labute approximate surface area is 239 Å². The molecule has 9 nitrogen and oxygen atoms in total. The number of aromatic amines is 1. The van der Waals surface area contributed by atoms with Crippen molar-refractivity contribution in [1.29, 1.82) is 0 Å². The standard InChI is InChI=1S/C32H36N6O3/c39-29-28(36-31(41)35-24-6-2-1-3-7-24)30(40)38(19-32-15-21-12-22(16-32)14-23(13-21)17-32)27-9-5-4-8-26(27)37(29)11-10-25-18-33-20-34-25/h1-9,18,20-23,28H,10-17,19H2,(H,33,34)(H2,35,36,41). The lowest BCUT2D eigenvalue weighted by Crippen LogP contribution is -2.59. The van der Waals surface area contributed by atoms with Crippen molar-refractivity contribution in [2.24, 2.45) is 23.2 Å². The molecule has 2 aromatic carbocycles. The fourth-order valence-corrected chi connectivity index (χ4v) is 8.39. The molecule has 1 aliphatic heterocycles. The van der Waals surface area contributed by atoms with E-state index in [4.69, 9.17) is 0 Å². The lowest BCUT2D eigenvalue weighted by molar-refractivity contribution is -0.129. The van der Waals surface area contributed by atoms with Crippen molar-refractivity contribution in [1.82, 2.24) is 15.3 Å². The van der Waals surface area contributed by atoms with Gasteiger partial charge in [0.1, 0.15) is 0 Å². The van der Waals surface area contributed by atoms with Gasteiger partial charge in [-0.3, -0.25) is 9.59 Å². The minimum atomic E-state index is -1.35. The maximum Gasteiger partial charge on any atom is 0.320 e. The molecule has 41 heavy (non-hydrogen) atoms. The van der Waals surface area contributed by atoms with Crippen molar-refractivity contribution in [3.05, 3.63) is 72.8 Å². The number of aromatic nitrogens is 2. The molecule has 2 heterocycles. The van der Waals surface area contributed by atoms with Crippen LogP contribution < -0.4 is 20.4 Å². The van der Waals surface area contributed by atoms with Crippen LogP contribution in [0.1, 0.15) is 44.2 Å². The Bertz CT molecular complexity index is 1400. The summed E-state index contributed by atoms with van der Waals surface area (Å²) >= 11 is 0. The number of carbonyl (C=O) groups is 3. The molecule has 3 aromatic rings. The lowest BCUT2D eigenvalue weighted by Gasteiger charge is -2.57. The third kappa shape index (κ3) is 4.98. The predicted molar refractivity (Wildman–Crippen MR) is 156 cm³/mol. The molecule has 4 fully saturated rings. The molecule has 8 rings (SSSR count). The van der Waals surface area contributed by atoms with E-state index in [0.29, 0.717) is 30.9 Å². The minimum Gasteiger partial charge on any atom is -0.348 e. The highest BCUT2D eigenvalue weighted by atomic mass is 16.2. The van der Waals surface area contributed by atoms with Crippen LogP contribution in [-0.2, 0) is 16.0 Å². The van der Waals surface area contributed by atoms with Crippen LogP contribution in [0.25, 0.3) is 0 Å². The molecule has 4 amide bonds. The Morgan fingerprint density at radius 3 is 2.12 bits per heavy atom. The van der Waals surface area contributed by atoms with E-state index in [0.717, 1.165) is 48.4 Å². The van der Waals surface area contributed by atoms with E-state index in [-0.39, 0.29) is 11.3 Å². The van der Waals surface area contributed by atoms with Gasteiger partial charge in [-0.25, -0.2) is 9.78 Å². The number of hydrogen-bond acceptors (Lipinski definition) is 4. The summed E-state index contributed by atoms with van der Waals surface area (Å²) in [5.41, 5.74) is 2.97. The number of anilines is 3. The average Bonchev–Trinajstić information content (AvgIpc) is 3.46. The molecule has 4 aliphatic carbocycles. The first-order chi connectivity index (χ1) is 20.0. The molecule has 4 bridgehead atoms. The van der Waals surface area contributed by atoms with Crippen molar-refractivity contribution in [2.45, 2.75) is 51.0 Å². The van der Waals surface area contributed by atoms with Gasteiger partial charge in [-0.15, -0.1) is 0 Å². The molecule has 5 aliphatic rings. The zero-order valence-corrected chi connectivity index (χ0v) is 23.1. The average molecular weight is 553 g/mol. The number of urea groups is 1. The van der Waals surface area contributed by atoms with Crippen molar-refractivity contribution < 1.29 is 14.4 Å². The van der Waals surface area contributed by atoms with Gasteiger partial charge in [-0.05, 0) is 86.0 Å². The van der Waals surface area contributed by atoms with Crippen LogP contribution in [-0.4, -0.2) is 46.9 Å². The van der Waals surface area contributed by atoms with Gasteiger partial charge >= 0.3 is 6.03 Å². The highest BCUT2D eigenvalue weighted by Gasteiger charge is 2.53. The number of hydrogen-bond donors (Lipinski definition) is 3. The number of amides is 4. The summed E-state index contributed by atoms with van der Waals surface area (Å²) in [6, 6.07) is 14.8. The zero-order valence-electron chi connectivity index (χ0n) is 23.1. The van der Waals surface area contributed by atoms with Gasteiger partial charge in [-0.2, -0.15) is 0 Å². The predicted octanol–water partition coefficient (Wildman–Crippen LogP) is 4.74. The number of rotatable bonds is 7. The molecule has 9 heteroatoms. The van der Waals surface area contributed by atoms with Crippen LogP contribution >= 0.6 is 0 Å². The number of nitrogens with one attached hydrogen (secondary N) is 3. The van der Waals surface area contributed by atoms with Crippen LogP contribution in [0.3, 0.4) is 0 Å². The van der Waals surface area contributed by atoms with Gasteiger partial charge in [0.05, 0.1) is 17.7 Å². The topological polar surface area (TPSA) is 110 Å². The summed E-state index contributed by atoms with van der Waals surface area (Å²) in [5, 5.41) is 5.53. The molecule has 212 valence electrons. The van der Waals surface area contributed by atoms with Gasteiger partial charge in [0.25, 0.3) is 11.8 Å². The highest BCUT2D eigenvalue weighted by molar-refractivity contribution is 6.21. The smallest absolute Gasteiger partial charge is 0.320 e. The fourth-order valence-electron chi connectivity index (χ4n) is 8.39. The summed E-state index contributed by atoms with van der Waals surface area (Å²) in [4.78, 5) is 52.4. The normalized spacial score (nSPS) is 28.4. The number of carbonyl (C=O) groups excluding carboxylic acids is 3. The van der Waals surface area contributed by atoms with Crippen LogP contribution in [0, 0.1) is 23.2 Å². The van der Waals surface area contributed by atoms with E-state index in [1.54, 1.807) is 29.6 Å². The maximum atomic E-state index is 14.4. The monoisotopic (exact) mass is 552 g/mol. The molecule has 0 radical (unpaired) electrons. The summed E-state index contributed by atoms with van der Waals surface area (Å²) in [6.07, 6.45) is 11.2. The van der Waals surface area contributed by atoms with E-state index in [1.807, 2.05) is 47.4 Å². The van der Waals surface area contributed by atoms with E-state index >= 15 is 0 Å². The van der Waals surface area contributed by atoms with Gasteiger partial charge in [0.2, 0.25) is 0 Å². The number of imidazole rings is 1. The lowest BCUT2D eigenvalue weighted by atomic mass is 9.49. The second-order valence-corrected chi connectivity index (χ2v) is 12.5. The molecule has 0 spiro atoms. The second kappa shape index (κ2) is 10.4. The van der Waals surface area contributed by atoms with Crippen molar-refractivity contribution >= 4 is 34.9 Å². The first-order valence-electron chi connectivity index (χ1n) is 14.8. The molecule has 0 saturated heterocycles. The van der Waals surface area contributed by atoms with Crippen LogP contribution in [0.15, 0.2) is 67.1 Å². The first-order valence-corrected chi connectivity index (χ1v) is 14.8. The Morgan fingerprint density at radius 2 is 1.49 bits per heavy atom. The summed E-state index contributed by atoms with van der Waals surface area (Å²) in [5.74, 6) is 1.40. The molecular weight excluding hydrogens is 516 g/mol. The minimum absolute atomic E-state index is 0.0580. The number of benzene rings is 2. The summed E-state index contributed by atoms with van der Waals surface area (Å²) < 4.78 is 0. The summed E-state index contributed by atoms with van der Waals surface area (Å²) in [7, 11) is 0. The van der Waals surface area contributed by atoms with Gasteiger partial charge in [-0.1, -0.05) is 30.3 Å². The van der Waals surface area contributed by atoms with Crippen LogP contribution in [0.5, 0.6) is 0 Å². The highest BCUT2D eigenvalue weighted by Crippen LogP contribution is 2.60. The summed E-state index contributed by atoms with van der Waals surface area (Å²) in [6.45, 7) is 0.918. The van der Waals surface area contributed by atoms with E-state index in [9.17, 15) is 14.4 Å². The Morgan fingerprint density at radius 1 is 0.878 bits per heavy atom. The Hall–Kier alpha value is -4.14. The fraction of sp³-hybridized carbons (Fsp3) is 0.438. The number of para-hydroxylation sites is 3. The third-order valence-corrected chi connectivity index (χ3v) is 9.61. The maximum absolute atomic E-state index is 14.4. The molecular formula is C32H36N6O3. The van der Waals surface area contributed by atoms with E-state index in [1.165, 1.54) is 19.3 Å². The first kappa shape index (κ1) is 25.8.